The number of aromatic nitrogens is 2. The number of likely N-dealkylation sites (N-methyl/N-ethyl adjacent to an activating group) is 1. The zero-order chi connectivity index (χ0) is 13.2. The molecule has 6 heteroatoms. The molecule has 3 heterocycles. The van der Waals surface area contributed by atoms with Crippen molar-refractivity contribution in [2.45, 2.75) is 12.8 Å². The first-order valence-corrected chi connectivity index (χ1v) is 7.52. The van der Waals surface area contributed by atoms with Crippen LogP contribution in [0.4, 0.5) is 5.82 Å². The number of likely N-dealkylation sites (tertiary alicyclic amines) is 1. The third kappa shape index (κ3) is 2.37. The molecule has 0 aromatic carbocycles. The number of carbonyl (C=O) groups excluding carboxylic acids is 1. The summed E-state index contributed by atoms with van der Waals surface area (Å²) in [6.07, 6.45) is 5.41. The van der Waals surface area contributed by atoms with Gasteiger partial charge in [-0.3, -0.25) is 9.20 Å². The summed E-state index contributed by atoms with van der Waals surface area (Å²) in [5.41, 5.74) is 0.653. The lowest BCUT2D eigenvalue weighted by molar-refractivity contribution is 0.111. The minimum Gasteiger partial charge on any atom is -0.356 e. The number of aldehydes is 1. The summed E-state index contributed by atoms with van der Waals surface area (Å²) in [4.78, 5) is 21.3. The number of anilines is 1. The average Bonchev–Trinajstić information content (AvgIpc) is 3.11. The number of rotatable bonds is 5. The molecule has 19 heavy (non-hydrogen) atoms. The molecule has 0 atom stereocenters. The third-order valence-electron chi connectivity index (χ3n) is 3.70. The molecule has 0 aliphatic carbocycles. The first kappa shape index (κ1) is 12.6. The summed E-state index contributed by atoms with van der Waals surface area (Å²) < 4.78 is 1.86. The molecule has 0 bridgehead atoms. The molecule has 3 rings (SSSR count). The second kappa shape index (κ2) is 5.30. The van der Waals surface area contributed by atoms with E-state index in [1.807, 2.05) is 23.0 Å². The van der Waals surface area contributed by atoms with Crippen LogP contribution in [0.2, 0.25) is 0 Å². The van der Waals surface area contributed by atoms with Crippen molar-refractivity contribution in [3.63, 3.8) is 0 Å². The summed E-state index contributed by atoms with van der Waals surface area (Å²) in [5, 5.41) is 1.95. The minimum atomic E-state index is 0.653. The van der Waals surface area contributed by atoms with E-state index in [-0.39, 0.29) is 0 Å². The van der Waals surface area contributed by atoms with Gasteiger partial charge < -0.3 is 9.80 Å². The summed E-state index contributed by atoms with van der Waals surface area (Å²) in [6.45, 7) is 4.35. The Kier molecular flexibility index (Phi) is 3.52. The Morgan fingerprint density at radius 1 is 1.47 bits per heavy atom. The maximum Gasteiger partial charge on any atom is 0.196 e. The number of hydrogen-bond donors (Lipinski definition) is 0. The van der Waals surface area contributed by atoms with E-state index in [2.05, 4.69) is 14.8 Å². The number of carbonyl (C=O) groups is 1. The van der Waals surface area contributed by atoms with Crippen LogP contribution in [0.1, 0.15) is 23.3 Å². The van der Waals surface area contributed by atoms with E-state index in [1.54, 1.807) is 11.3 Å². The summed E-state index contributed by atoms with van der Waals surface area (Å²) >= 11 is 1.55. The number of nitrogens with zero attached hydrogens (tertiary/aromatic N) is 4. The highest BCUT2D eigenvalue weighted by Gasteiger charge is 2.17. The molecule has 2 aromatic heterocycles. The first-order valence-electron chi connectivity index (χ1n) is 6.64. The highest BCUT2D eigenvalue weighted by Crippen LogP contribution is 2.22. The normalized spacial score (nSPS) is 16.3. The van der Waals surface area contributed by atoms with Crippen molar-refractivity contribution in [3.8, 4) is 0 Å². The molecule has 1 fully saturated rings. The van der Waals surface area contributed by atoms with Gasteiger partial charge in [0.25, 0.3) is 0 Å². The lowest BCUT2D eigenvalue weighted by Gasteiger charge is -2.21. The van der Waals surface area contributed by atoms with Gasteiger partial charge in [0.2, 0.25) is 0 Å². The van der Waals surface area contributed by atoms with E-state index in [0.29, 0.717) is 5.69 Å². The summed E-state index contributed by atoms with van der Waals surface area (Å²) in [5.74, 6) is 0.793. The lowest BCUT2D eigenvalue weighted by Crippen LogP contribution is -2.32. The Morgan fingerprint density at radius 2 is 2.26 bits per heavy atom. The highest BCUT2D eigenvalue weighted by atomic mass is 32.1. The number of imidazole rings is 1. The molecule has 2 aromatic rings. The van der Waals surface area contributed by atoms with Crippen LogP contribution >= 0.6 is 11.3 Å². The monoisotopic (exact) mass is 278 g/mol. The zero-order valence-corrected chi connectivity index (χ0v) is 11.9. The number of fused-ring (bicyclic) bond motifs is 1. The van der Waals surface area contributed by atoms with Gasteiger partial charge >= 0.3 is 0 Å². The van der Waals surface area contributed by atoms with Crippen molar-refractivity contribution in [1.29, 1.82) is 0 Å². The molecule has 0 saturated carbocycles. The predicted octanol–water partition coefficient (Wildman–Crippen LogP) is 1.74. The maximum absolute atomic E-state index is 11.3. The standard InChI is InChI=1S/C13H18N4OS/c1-15(6-7-16-4-2-3-5-16)12-11(10-18)17-8-9-19-13(17)14-12/h8-10H,2-7H2,1H3. The number of hydrogen-bond acceptors (Lipinski definition) is 5. The highest BCUT2D eigenvalue weighted by molar-refractivity contribution is 7.15. The van der Waals surface area contributed by atoms with E-state index < -0.39 is 0 Å². The largest absolute Gasteiger partial charge is 0.356 e. The molecular weight excluding hydrogens is 260 g/mol. The van der Waals surface area contributed by atoms with Gasteiger partial charge in [-0.05, 0) is 25.9 Å². The molecule has 5 nitrogen and oxygen atoms in total. The fraction of sp³-hybridized carbons (Fsp3) is 0.538. The lowest BCUT2D eigenvalue weighted by atomic mass is 10.4. The van der Waals surface area contributed by atoms with Crippen LogP contribution in [0.3, 0.4) is 0 Å². The van der Waals surface area contributed by atoms with Gasteiger partial charge in [-0.2, -0.15) is 0 Å². The third-order valence-corrected chi connectivity index (χ3v) is 4.46. The Hall–Kier alpha value is -1.40. The van der Waals surface area contributed by atoms with Crippen molar-refractivity contribution in [2.24, 2.45) is 0 Å². The summed E-state index contributed by atoms with van der Waals surface area (Å²) in [6, 6.07) is 0. The molecule has 0 radical (unpaired) electrons. The van der Waals surface area contributed by atoms with E-state index in [0.717, 1.165) is 30.2 Å². The van der Waals surface area contributed by atoms with Crippen molar-refractivity contribution < 1.29 is 4.79 Å². The van der Waals surface area contributed by atoms with Crippen LogP contribution in [-0.2, 0) is 0 Å². The Labute approximate surface area is 116 Å². The fourth-order valence-corrected chi connectivity index (χ4v) is 3.30. The molecule has 0 amide bonds. The molecule has 1 aliphatic rings. The van der Waals surface area contributed by atoms with Gasteiger partial charge in [-0.15, -0.1) is 11.3 Å². The molecule has 0 unspecified atom stereocenters. The van der Waals surface area contributed by atoms with Crippen molar-refractivity contribution in [2.75, 3.05) is 38.1 Å². The summed E-state index contributed by atoms with van der Waals surface area (Å²) in [7, 11) is 2.01. The van der Waals surface area contributed by atoms with Crippen molar-refractivity contribution in [3.05, 3.63) is 17.3 Å². The van der Waals surface area contributed by atoms with E-state index in [1.165, 1.54) is 25.9 Å². The van der Waals surface area contributed by atoms with Crippen LogP contribution in [0.5, 0.6) is 0 Å². The van der Waals surface area contributed by atoms with Crippen LogP contribution < -0.4 is 4.90 Å². The van der Waals surface area contributed by atoms with E-state index >= 15 is 0 Å². The first-order chi connectivity index (χ1) is 9.29. The van der Waals surface area contributed by atoms with Crippen molar-refractivity contribution in [1.82, 2.24) is 14.3 Å². The molecule has 0 spiro atoms. The zero-order valence-electron chi connectivity index (χ0n) is 11.1. The molecule has 1 saturated heterocycles. The fourth-order valence-electron chi connectivity index (χ4n) is 2.59. The Balaban J connectivity index is 1.74. The van der Waals surface area contributed by atoms with Crippen molar-refractivity contribution >= 4 is 28.4 Å². The number of thiazole rings is 1. The van der Waals surface area contributed by atoms with Gasteiger partial charge in [-0.1, -0.05) is 0 Å². The second-order valence-electron chi connectivity index (χ2n) is 4.96. The van der Waals surface area contributed by atoms with Gasteiger partial charge in [0.15, 0.2) is 17.1 Å². The van der Waals surface area contributed by atoms with Crippen LogP contribution in [0.25, 0.3) is 4.96 Å². The predicted molar refractivity (Wildman–Crippen MR) is 77.4 cm³/mol. The van der Waals surface area contributed by atoms with E-state index in [4.69, 9.17) is 0 Å². The van der Waals surface area contributed by atoms with Gasteiger partial charge in [0.1, 0.15) is 5.69 Å². The van der Waals surface area contributed by atoms with Gasteiger partial charge in [0.05, 0.1) is 0 Å². The van der Waals surface area contributed by atoms with Gasteiger partial charge in [0, 0.05) is 31.7 Å². The van der Waals surface area contributed by atoms with Crippen LogP contribution in [-0.4, -0.2) is 53.8 Å². The molecule has 0 N–H and O–H groups in total. The smallest absolute Gasteiger partial charge is 0.196 e. The SMILES string of the molecule is CN(CCN1CCCC1)c1nc2sccn2c1C=O. The minimum absolute atomic E-state index is 0.653. The molecule has 1 aliphatic heterocycles. The average molecular weight is 278 g/mol. The molecule has 102 valence electrons. The Bertz CT molecular complexity index is 570. The van der Waals surface area contributed by atoms with Gasteiger partial charge in [-0.25, -0.2) is 4.98 Å². The topological polar surface area (TPSA) is 40.9 Å². The van der Waals surface area contributed by atoms with E-state index in [9.17, 15) is 4.79 Å². The Morgan fingerprint density at radius 3 is 3.00 bits per heavy atom. The quantitative estimate of drug-likeness (QED) is 0.781. The van der Waals surface area contributed by atoms with Crippen LogP contribution in [0, 0.1) is 0 Å². The molecular formula is C13H18N4OS. The van der Waals surface area contributed by atoms with Crippen LogP contribution in [0.15, 0.2) is 11.6 Å². The second-order valence-corrected chi connectivity index (χ2v) is 5.84. The maximum atomic E-state index is 11.3.